The lowest BCUT2D eigenvalue weighted by Crippen LogP contribution is -2.17. The number of allylic oxidation sites excluding steroid dienone is 6. The fourth-order valence-electron chi connectivity index (χ4n) is 13.3. The highest BCUT2D eigenvalue weighted by Crippen LogP contribution is 2.69. The quantitative estimate of drug-likeness (QED) is 0.150. The van der Waals surface area contributed by atoms with E-state index in [1.807, 2.05) is 0 Å². The molecule has 4 heteroatoms. The molecule has 2 heterocycles. The van der Waals surface area contributed by atoms with Crippen LogP contribution in [0.2, 0.25) is 0 Å². The minimum absolute atomic E-state index is 0.0423. The zero-order valence-electron chi connectivity index (χ0n) is 39.3. The zero-order chi connectivity index (χ0) is 45.8. The summed E-state index contributed by atoms with van der Waals surface area (Å²) in [6.07, 6.45) is 15.0. The number of aromatic nitrogens is 4. The zero-order valence-corrected chi connectivity index (χ0v) is 39.3. The van der Waals surface area contributed by atoms with Gasteiger partial charge in [-0.2, -0.15) is 9.97 Å². The number of para-hydroxylation sites is 1. The van der Waals surface area contributed by atoms with Crippen molar-refractivity contribution in [1.82, 2.24) is 19.5 Å². The van der Waals surface area contributed by atoms with E-state index in [1.54, 1.807) is 5.57 Å². The highest BCUT2D eigenvalue weighted by atomic mass is 15.2. The molecule has 0 N–H and O–H groups in total. The highest BCUT2D eigenvalue weighted by molar-refractivity contribution is 6.11. The third kappa shape index (κ3) is 6.10. The van der Waals surface area contributed by atoms with Crippen LogP contribution in [0.1, 0.15) is 61.8 Å². The minimum Gasteiger partial charge on any atom is -0.278 e. The summed E-state index contributed by atoms with van der Waals surface area (Å²) in [7, 11) is 0. The van der Waals surface area contributed by atoms with Gasteiger partial charge >= 0.3 is 0 Å². The molecular formula is C65H52N4. The number of rotatable bonds is 7. The van der Waals surface area contributed by atoms with Crippen LogP contribution in [0.15, 0.2) is 188 Å². The van der Waals surface area contributed by atoms with Gasteiger partial charge in [-0.05, 0) is 172 Å². The third-order valence-corrected chi connectivity index (χ3v) is 17.2. The number of hydrogen-bond acceptors (Lipinski definition) is 3. The summed E-state index contributed by atoms with van der Waals surface area (Å²) in [6, 6.07) is 58.3. The largest absolute Gasteiger partial charge is 0.278 e. The van der Waals surface area contributed by atoms with E-state index in [-0.39, 0.29) is 10.8 Å². The Kier molecular flexibility index (Phi) is 8.20. The van der Waals surface area contributed by atoms with Gasteiger partial charge in [0.15, 0.2) is 11.6 Å². The lowest BCUT2D eigenvalue weighted by molar-refractivity contribution is 0.597. The average molecular weight is 889 g/mol. The van der Waals surface area contributed by atoms with E-state index < -0.39 is 0 Å². The van der Waals surface area contributed by atoms with Crippen LogP contribution in [-0.2, 0) is 10.8 Å². The molecule has 3 saturated carbocycles. The predicted octanol–water partition coefficient (Wildman–Crippen LogP) is 15.7. The van der Waals surface area contributed by atoms with Crippen LogP contribution in [0, 0.1) is 36.5 Å². The monoisotopic (exact) mass is 888 g/mol. The van der Waals surface area contributed by atoms with Crippen LogP contribution >= 0.6 is 0 Å². The Morgan fingerprint density at radius 2 is 1.25 bits per heavy atom. The number of nitrogens with zero attached hydrogens (tertiary/aromatic N) is 4. The topological polar surface area (TPSA) is 43.6 Å². The molecule has 7 aromatic carbocycles. The van der Waals surface area contributed by atoms with Gasteiger partial charge in [-0.3, -0.25) is 4.57 Å². The number of fused-ring (bicyclic) bond motifs is 10. The van der Waals surface area contributed by atoms with Crippen molar-refractivity contribution < 1.29 is 0 Å². The van der Waals surface area contributed by atoms with E-state index in [0.717, 1.165) is 56.2 Å². The SMILES string of the molecule is Cc1cccc(-c2cc(-c3nc(-c4cc(-c5ccccc5)cc(-c5ccccc5)c4)nc(-n4c5ccccc5c5cc6c(cc54)C(C)(C)C4=C6C5CC5C=C4)n3)cc(C34C=CCC5CC5C3C4)c2)c1. The van der Waals surface area contributed by atoms with Crippen LogP contribution in [0.3, 0.4) is 0 Å². The molecule has 9 aromatic rings. The molecule has 332 valence electrons. The van der Waals surface area contributed by atoms with E-state index in [0.29, 0.717) is 35.4 Å². The maximum absolute atomic E-state index is 5.67. The molecule has 3 fully saturated rings. The molecule has 6 unspecified atom stereocenters. The van der Waals surface area contributed by atoms with Crippen molar-refractivity contribution in [2.45, 2.75) is 57.3 Å². The lowest BCUT2D eigenvalue weighted by atomic mass is 9.80. The first kappa shape index (κ1) is 39.6. The summed E-state index contributed by atoms with van der Waals surface area (Å²) in [5, 5.41) is 2.45. The highest BCUT2D eigenvalue weighted by Gasteiger charge is 2.63. The summed E-state index contributed by atoms with van der Waals surface area (Å²) in [5.74, 6) is 5.62. The molecule has 6 aliphatic carbocycles. The molecule has 0 amide bonds. The van der Waals surface area contributed by atoms with Gasteiger partial charge in [-0.25, -0.2) is 4.98 Å². The van der Waals surface area contributed by atoms with Gasteiger partial charge in [0.2, 0.25) is 5.95 Å². The fourth-order valence-corrected chi connectivity index (χ4v) is 13.3. The van der Waals surface area contributed by atoms with E-state index in [1.165, 1.54) is 75.4 Å². The Labute approximate surface area is 403 Å². The molecule has 0 spiro atoms. The summed E-state index contributed by atoms with van der Waals surface area (Å²) in [5.41, 5.74) is 19.6. The maximum atomic E-state index is 5.67. The Morgan fingerprint density at radius 1 is 0.580 bits per heavy atom. The van der Waals surface area contributed by atoms with Crippen molar-refractivity contribution in [3.05, 3.63) is 210 Å². The summed E-state index contributed by atoms with van der Waals surface area (Å²) in [4.78, 5) is 16.9. The number of aryl methyl sites for hydroxylation is 1. The summed E-state index contributed by atoms with van der Waals surface area (Å²) >= 11 is 0. The normalized spacial score (nSPS) is 24.1. The standard InChI is InChI=1S/C65H52N4/c1-38-14-12-19-41(26-38)46-30-48(32-49(31-46)65-25-13-20-42-33-51(42)57(65)37-65)62-66-61(47-28-44(39-15-6-4-7-16-39)27-45(29-47)40-17-8-5-9-18-40)67-63(68-62)69-58-22-11-10-21-50(58)53-35-54-56(36-59(53)69)64(2,3)55-24-23-43-34-52(43)60(54)55/h4-19,21-32,35-36,42-43,51-52,57H,20,33-34,37H2,1-3H3. The second-order valence-corrected chi connectivity index (χ2v) is 21.7. The van der Waals surface area contributed by atoms with Crippen LogP contribution < -0.4 is 0 Å². The van der Waals surface area contributed by atoms with E-state index in [2.05, 4.69) is 207 Å². The molecular weight excluding hydrogens is 837 g/mol. The lowest BCUT2D eigenvalue weighted by Gasteiger charge is -2.24. The third-order valence-electron chi connectivity index (χ3n) is 17.2. The van der Waals surface area contributed by atoms with Crippen molar-refractivity contribution in [3.63, 3.8) is 0 Å². The molecule has 6 atom stereocenters. The van der Waals surface area contributed by atoms with Crippen molar-refractivity contribution in [2.24, 2.45) is 29.6 Å². The minimum atomic E-state index is -0.120. The summed E-state index contributed by atoms with van der Waals surface area (Å²) < 4.78 is 2.34. The van der Waals surface area contributed by atoms with Gasteiger partial charge < -0.3 is 0 Å². The van der Waals surface area contributed by atoms with Gasteiger partial charge in [0, 0.05) is 32.7 Å². The number of benzene rings is 7. The first-order valence-electron chi connectivity index (χ1n) is 25.2. The van der Waals surface area contributed by atoms with Crippen molar-refractivity contribution in [2.75, 3.05) is 0 Å². The summed E-state index contributed by atoms with van der Waals surface area (Å²) in [6.45, 7) is 7.02. The smallest absolute Gasteiger partial charge is 0.238 e. The van der Waals surface area contributed by atoms with Gasteiger partial charge in [-0.1, -0.05) is 153 Å². The van der Waals surface area contributed by atoms with Crippen molar-refractivity contribution in [1.29, 1.82) is 0 Å². The predicted molar refractivity (Wildman–Crippen MR) is 282 cm³/mol. The van der Waals surface area contributed by atoms with Gasteiger partial charge in [0.1, 0.15) is 0 Å². The van der Waals surface area contributed by atoms with E-state index >= 15 is 0 Å². The van der Waals surface area contributed by atoms with E-state index in [4.69, 9.17) is 15.0 Å². The van der Waals surface area contributed by atoms with Gasteiger partial charge in [-0.15, -0.1) is 0 Å². The Hall–Kier alpha value is -7.43. The molecule has 0 radical (unpaired) electrons. The van der Waals surface area contributed by atoms with Crippen LogP contribution in [0.5, 0.6) is 0 Å². The first-order valence-corrected chi connectivity index (χ1v) is 25.2. The van der Waals surface area contributed by atoms with Crippen molar-refractivity contribution in [3.8, 4) is 62.1 Å². The van der Waals surface area contributed by atoms with Crippen LogP contribution in [-0.4, -0.2) is 19.5 Å². The van der Waals surface area contributed by atoms with E-state index in [9.17, 15) is 0 Å². The average Bonchev–Trinajstić information content (AvgIpc) is 4.33. The molecule has 4 nitrogen and oxygen atoms in total. The molecule has 0 aliphatic heterocycles. The van der Waals surface area contributed by atoms with Gasteiger partial charge in [0.25, 0.3) is 0 Å². The molecule has 2 aromatic heterocycles. The molecule has 6 aliphatic rings. The molecule has 0 saturated heterocycles. The Morgan fingerprint density at radius 3 is 2.00 bits per heavy atom. The Bertz CT molecular complexity index is 3700. The molecule has 0 bridgehead atoms. The number of hydrogen-bond donors (Lipinski definition) is 0. The fraction of sp³-hybridized carbons (Fsp3) is 0.215. The molecule has 69 heavy (non-hydrogen) atoms. The van der Waals surface area contributed by atoms with Gasteiger partial charge in [0.05, 0.1) is 11.0 Å². The molecule has 15 rings (SSSR count). The maximum Gasteiger partial charge on any atom is 0.238 e. The Balaban J connectivity index is 1.000. The second-order valence-electron chi connectivity index (χ2n) is 21.7. The van der Waals surface area contributed by atoms with Crippen LogP contribution in [0.25, 0.3) is 89.5 Å². The second kappa shape index (κ2) is 14.3. The van der Waals surface area contributed by atoms with Crippen LogP contribution in [0.4, 0.5) is 0 Å². The first-order chi connectivity index (χ1) is 33.8. The van der Waals surface area contributed by atoms with Crippen molar-refractivity contribution >= 4 is 27.4 Å².